The lowest BCUT2D eigenvalue weighted by atomic mass is 9.89. The molecule has 114 valence electrons. The monoisotopic (exact) mass is 289 g/mol. The zero-order valence-corrected chi connectivity index (χ0v) is 13.1. The number of hydrogen-bond acceptors (Lipinski definition) is 3. The van der Waals surface area contributed by atoms with Gasteiger partial charge in [0.15, 0.2) is 0 Å². The third kappa shape index (κ3) is 3.09. The first-order valence-electron chi connectivity index (χ1n) is 7.39. The van der Waals surface area contributed by atoms with E-state index in [-0.39, 0.29) is 17.4 Å². The SMILES string of the molecule is CCOC(=O)[C@H]1C(=O)N(C(C)(C)C)C[C@@H]1c1ccccc1. The molecule has 0 spiro atoms. The third-order valence-corrected chi connectivity index (χ3v) is 3.89. The molecule has 2 rings (SSSR count). The first-order chi connectivity index (χ1) is 9.86. The highest BCUT2D eigenvalue weighted by molar-refractivity contribution is 6.01. The Balaban J connectivity index is 2.37. The Labute approximate surface area is 126 Å². The number of benzene rings is 1. The van der Waals surface area contributed by atoms with Crippen molar-refractivity contribution >= 4 is 11.9 Å². The highest BCUT2D eigenvalue weighted by atomic mass is 16.5. The van der Waals surface area contributed by atoms with Gasteiger partial charge in [-0.15, -0.1) is 0 Å². The summed E-state index contributed by atoms with van der Waals surface area (Å²) >= 11 is 0. The molecule has 4 nitrogen and oxygen atoms in total. The van der Waals surface area contributed by atoms with Gasteiger partial charge in [-0.3, -0.25) is 9.59 Å². The molecule has 0 aliphatic carbocycles. The fourth-order valence-corrected chi connectivity index (χ4v) is 2.83. The number of hydrogen-bond donors (Lipinski definition) is 0. The summed E-state index contributed by atoms with van der Waals surface area (Å²) in [6, 6.07) is 9.73. The van der Waals surface area contributed by atoms with Crippen molar-refractivity contribution in [1.29, 1.82) is 0 Å². The van der Waals surface area contributed by atoms with Gasteiger partial charge in [-0.05, 0) is 33.3 Å². The molecule has 0 bridgehead atoms. The van der Waals surface area contributed by atoms with E-state index in [0.29, 0.717) is 13.2 Å². The van der Waals surface area contributed by atoms with Crippen molar-refractivity contribution in [3.63, 3.8) is 0 Å². The summed E-state index contributed by atoms with van der Waals surface area (Å²) in [5, 5.41) is 0. The van der Waals surface area contributed by atoms with E-state index in [1.165, 1.54) is 0 Å². The molecule has 1 aliphatic heterocycles. The Morgan fingerprint density at radius 2 is 1.90 bits per heavy atom. The van der Waals surface area contributed by atoms with Crippen LogP contribution in [-0.2, 0) is 14.3 Å². The topological polar surface area (TPSA) is 46.6 Å². The quantitative estimate of drug-likeness (QED) is 0.634. The molecule has 21 heavy (non-hydrogen) atoms. The molecule has 1 aromatic rings. The lowest BCUT2D eigenvalue weighted by molar-refractivity contribution is -0.153. The second kappa shape index (κ2) is 5.88. The van der Waals surface area contributed by atoms with E-state index in [4.69, 9.17) is 4.74 Å². The van der Waals surface area contributed by atoms with Crippen molar-refractivity contribution in [1.82, 2.24) is 4.90 Å². The number of nitrogens with zero attached hydrogens (tertiary/aromatic N) is 1. The number of carbonyl (C=O) groups excluding carboxylic acids is 2. The second-order valence-electron chi connectivity index (χ2n) is 6.37. The minimum Gasteiger partial charge on any atom is -0.465 e. The first-order valence-corrected chi connectivity index (χ1v) is 7.39. The number of esters is 1. The predicted molar refractivity (Wildman–Crippen MR) is 80.8 cm³/mol. The van der Waals surface area contributed by atoms with Gasteiger partial charge in [-0.1, -0.05) is 30.3 Å². The zero-order chi connectivity index (χ0) is 15.6. The maximum absolute atomic E-state index is 12.7. The summed E-state index contributed by atoms with van der Waals surface area (Å²) in [4.78, 5) is 26.7. The van der Waals surface area contributed by atoms with Crippen LogP contribution in [0.2, 0.25) is 0 Å². The van der Waals surface area contributed by atoms with Gasteiger partial charge in [0.2, 0.25) is 5.91 Å². The molecule has 1 fully saturated rings. The maximum Gasteiger partial charge on any atom is 0.319 e. The Morgan fingerprint density at radius 3 is 2.43 bits per heavy atom. The molecule has 1 aromatic carbocycles. The van der Waals surface area contributed by atoms with Crippen LogP contribution in [0.3, 0.4) is 0 Å². The van der Waals surface area contributed by atoms with Crippen LogP contribution in [0.1, 0.15) is 39.2 Å². The Hall–Kier alpha value is -1.84. The van der Waals surface area contributed by atoms with Gasteiger partial charge in [0.05, 0.1) is 6.61 Å². The molecule has 0 aromatic heterocycles. The van der Waals surface area contributed by atoms with Gasteiger partial charge < -0.3 is 9.64 Å². The van der Waals surface area contributed by atoms with Crippen LogP contribution in [0, 0.1) is 5.92 Å². The smallest absolute Gasteiger partial charge is 0.319 e. The number of ether oxygens (including phenoxy) is 1. The number of likely N-dealkylation sites (tertiary alicyclic amines) is 1. The fraction of sp³-hybridized carbons (Fsp3) is 0.529. The van der Waals surface area contributed by atoms with Crippen molar-refractivity contribution < 1.29 is 14.3 Å². The zero-order valence-electron chi connectivity index (χ0n) is 13.1. The molecule has 1 aliphatic rings. The maximum atomic E-state index is 12.7. The number of carbonyl (C=O) groups is 2. The van der Waals surface area contributed by atoms with E-state index in [2.05, 4.69) is 0 Å². The van der Waals surface area contributed by atoms with Crippen LogP contribution < -0.4 is 0 Å². The van der Waals surface area contributed by atoms with E-state index in [0.717, 1.165) is 5.56 Å². The molecule has 2 atom stereocenters. The Bertz CT molecular complexity index is 519. The summed E-state index contributed by atoms with van der Waals surface area (Å²) in [6.45, 7) is 8.56. The molecule has 0 N–H and O–H groups in total. The van der Waals surface area contributed by atoms with Crippen molar-refractivity contribution in [2.75, 3.05) is 13.2 Å². The van der Waals surface area contributed by atoms with E-state index in [1.54, 1.807) is 11.8 Å². The molecule has 0 radical (unpaired) electrons. The standard InChI is InChI=1S/C17H23NO3/c1-5-21-16(20)14-13(12-9-7-6-8-10-12)11-18(15(14)19)17(2,3)4/h6-10,13-14H,5,11H2,1-4H3/t13-,14-/m1/s1. The summed E-state index contributed by atoms with van der Waals surface area (Å²) in [6.07, 6.45) is 0. The van der Waals surface area contributed by atoms with Gasteiger partial charge in [0, 0.05) is 18.0 Å². The molecule has 0 unspecified atom stereocenters. The van der Waals surface area contributed by atoms with Gasteiger partial charge in [0.1, 0.15) is 5.92 Å². The van der Waals surface area contributed by atoms with Crippen molar-refractivity contribution in [3.8, 4) is 0 Å². The molecule has 1 heterocycles. The number of rotatable bonds is 3. The lowest BCUT2D eigenvalue weighted by Gasteiger charge is -2.32. The molecular weight excluding hydrogens is 266 g/mol. The highest BCUT2D eigenvalue weighted by Crippen LogP contribution is 2.37. The molecular formula is C17H23NO3. The van der Waals surface area contributed by atoms with Gasteiger partial charge in [-0.2, -0.15) is 0 Å². The summed E-state index contributed by atoms with van der Waals surface area (Å²) in [7, 11) is 0. The van der Waals surface area contributed by atoms with Crippen LogP contribution in [0.4, 0.5) is 0 Å². The van der Waals surface area contributed by atoms with Crippen molar-refractivity contribution in [3.05, 3.63) is 35.9 Å². The molecule has 1 saturated heterocycles. The van der Waals surface area contributed by atoms with Crippen molar-refractivity contribution in [2.24, 2.45) is 5.92 Å². The minimum atomic E-state index is -0.730. The number of amides is 1. The van der Waals surface area contributed by atoms with E-state index >= 15 is 0 Å². The van der Waals surface area contributed by atoms with E-state index in [9.17, 15) is 9.59 Å². The third-order valence-electron chi connectivity index (χ3n) is 3.89. The van der Waals surface area contributed by atoms with Crippen LogP contribution >= 0.6 is 0 Å². The van der Waals surface area contributed by atoms with Gasteiger partial charge in [0.25, 0.3) is 0 Å². The summed E-state index contributed by atoms with van der Waals surface area (Å²) in [5.74, 6) is -1.42. The fourth-order valence-electron chi connectivity index (χ4n) is 2.83. The molecule has 1 amide bonds. The average molecular weight is 289 g/mol. The highest BCUT2D eigenvalue weighted by Gasteiger charge is 2.49. The van der Waals surface area contributed by atoms with E-state index in [1.807, 2.05) is 51.1 Å². The van der Waals surface area contributed by atoms with E-state index < -0.39 is 11.9 Å². The Morgan fingerprint density at radius 1 is 1.29 bits per heavy atom. The van der Waals surface area contributed by atoms with Crippen LogP contribution in [0.5, 0.6) is 0 Å². The van der Waals surface area contributed by atoms with Gasteiger partial charge in [-0.25, -0.2) is 0 Å². The second-order valence-corrected chi connectivity index (χ2v) is 6.37. The first kappa shape index (κ1) is 15.5. The van der Waals surface area contributed by atoms with Crippen LogP contribution in [-0.4, -0.2) is 35.5 Å². The summed E-state index contributed by atoms with van der Waals surface area (Å²) in [5.41, 5.74) is 0.710. The minimum absolute atomic E-state index is 0.130. The normalized spacial score (nSPS) is 22.5. The molecule has 0 saturated carbocycles. The Kier molecular flexibility index (Phi) is 4.35. The average Bonchev–Trinajstić information content (AvgIpc) is 2.77. The van der Waals surface area contributed by atoms with Crippen molar-refractivity contribution in [2.45, 2.75) is 39.2 Å². The summed E-state index contributed by atoms with van der Waals surface area (Å²) < 4.78 is 5.12. The molecule has 4 heteroatoms. The van der Waals surface area contributed by atoms with Gasteiger partial charge >= 0.3 is 5.97 Å². The van der Waals surface area contributed by atoms with Crippen LogP contribution in [0.25, 0.3) is 0 Å². The largest absolute Gasteiger partial charge is 0.465 e. The predicted octanol–water partition coefficient (Wildman–Crippen LogP) is 2.59. The van der Waals surface area contributed by atoms with Crippen LogP contribution in [0.15, 0.2) is 30.3 Å². The lowest BCUT2D eigenvalue weighted by Crippen LogP contribution is -2.44.